The minimum absolute atomic E-state index is 0.557. The molecule has 0 aliphatic heterocycles. The summed E-state index contributed by atoms with van der Waals surface area (Å²) in [4.78, 5) is 9.49. The van der Waals surface area contributed by atoms with Gasteiger partial charge in [0.05, 0.1) is 0 Å². The predicted octanol–water partition coefficient (Wildman–Crippen LogP) is 3.94. The van der Waals surface area contributed by atoms with Crippen molar-refractivity contribution in [2.45, 2.75) is 64.8 Å². The highest BCUT2D eigenvalue weighted by Gasteiger charge is 2.29. The molecule has 4 heteroatoms. The Balaban J connectivity index is 1.79. The minimum Gasteiger partial charge on any atom is -0.373 e. The summed E-state index contributed by atoms with van der Waals surface area (Å²) in [7, 11) is 1.94. The molecule has 2 fully saturated rings. The molecule has 0 bridgehead atoms. The van der Waals surface area contributed by atoms with Crippen molar-refractivity contribution >= 4 is 11.6 Å². The van der Waals surface area contributed by atoms with Crippen LogP contribution >= 0.6 is 0 Å². The molecule has 2 N–H and O–H groups in total. The SMILES string of the molecule is CNc1nc(C2CC2)nc(NC2CCC(C)C(C)C2)c1C. The lowest BCUT2D eigenvalue weighted by molar-refractivity contribution is 0.260. The van der Waals surface area contributed by atoms with E-state index in [0.29, 0.717) is 12.0 Å². The van der Waals surface area contributed by atoms with E-state index in [4.69, 9.17) is 4.98 Å². The molecule has 1 aromatic rings. The first-order chi connectivity index (χ1) is 10.1. The average Bonchev–Trinajstić information content (AvgIpc) is 3.29. The van der Waals surface area contributed by atoms with Crippen molar-refractivity contribution in [2.75, 3.05) is 17.7 Å². The first kappa shape index (κ1) is 14.6. The summed E-state index contributed by atoms with van der Waals surface area (Å²) in [5.41, 5.74) is 1.15. The standard InChI is InChI=1S/C17H28N4/c1-10-5-8-14(9-11(10)2)19-16-12(3)15(18-4)20-17(21-16)13-6-7-13/h10-11,13-14H,5-9H2,1-4H3,(H2,18,19,20,21). The van der Waals surface area contributed by atoms with Crippen LogP contribution in [0, 0.1) is 18.8 Å². The fraction of sp³-hybridized carbons (Fsp3) is 0.765. The second-order valence-electron chi connectivity index (χ2n) is 7.04. The number of hydrogen-bond acceptors (Lipinski definition) is 4. The Hall–Kier alpha value is -1.32. The van der Waals surface area contributed by atoms with Crippen molar-refractivity contribution < 1.29 is 0 Å². The number of hydrogen-bond donors (Lipinski definition) is 2. The van der Waals surface area contributed by atoms with Gasteiger partial charge in [-0.3, -0.25) is 0 Å². The van der Waals surface area contributed by atoms with Gasteiger partial charge in [-0.15, -0.1) is 0 Å². The Morgan fingerprint density at radius 1 is 0.952 bits per heavy atom. The summed E-state index contributed by atoms with van der Waals surface area (Å²) in [5.74, 6) is 5.28. The number of anilines is 2. The fourth-order valence-electron chi connectivity index (χ4n) is 3.31. The molecule has 0 spiro atoms. The van der Waals surface area contributed by atoms with Crippen LogP contribution in [0.2, 0.25) is 0 Å². The van der Waals surface area contributed by atoms with Crippen LogP contribution in [0.15, 0.2) is 0 Å². The zero-order valence-electron chi connectivity index (χ0n) is 13.7. The van der Waals surface area contributed by atoms with E-state index in [0.717, 1.165) is 34.9 Å². The van der Waals surface area contributed by atoms with Crippen LogP contribution in [0.3, 0.4) is 0 Å². The molecule has 1 aromatic heterocycles. The molecular weight excluding hydrogens is 260 g/mol. The van der Waals surface area contributed by atoms with Gasteiger partial charge in [0.25, 0.3) is 0 Å². The summed E-state index contributed by atoms with van der Waals surface area (Å²) in [6.07, 6.45) is 6.30. The first-order valence-electron chi connectivity index (χ1n) is 8.41. The third kappa shape index (κ3) is 3.14. The normalized spacial score (nSPS) is 29.2. The molecule has 4 nitrogen and oxygen atoms in total. The number of rotatable bonds is 4. The zero-order chi connectivity index (χ0) is 15.0. The Kier molecular flexibility index (Phi) is 4.05. The van der Waals surface area contributed by atoms with Gasteiger partial charge in [0.2, 0.25) is 0 Å². The van der Waals surface area contributed by atoms with Crippen LogP contribution < -0.4 is 10.6 Å². The monoisotopic (exact) mass is 288 g/mol. The number of nitrogens with zero attached hydrogens (tertiary/aromatic N) is 2. The van der Waals surface area contributed by atoms with E-state index in [1.807, 2.05) is 7.05 Å². The smallest absolute Gasteiger partial charge is 0.136 e. The lowest BCUT2D eigenvalue weighted by Crippen LogP contribution is -2.31. The van der Waals surface area contributed by atoms with E-state index in [1.54, 1.807) is 0 Å². The lowest BCUT2D eigenvalue weighted by atomic mass is 9.79. The molecule has 2 aliphatic rings. The second kappa shape index (κ2) is 5.82. The third-order valence-electron chi connectivity index (χ3n) is 5.28. The molecule has 1 heterocycles. The molecule has 2 aliphatic carbocycles. The molecular formula is C17H28N4. The van der Waals surface area contributed by atoms with Crippen LogP contribution in [0.1, 0.15) is 63.3 Å². The van der Waals surface area contributed by atoms with Crippen molar-refractivity contribution in [3.8, 4) is 0 Å². The molecule has 3 unspecified atom stereocenters. The maximum Gasteiger partial charge on any atom is 0.136 e. The van der Waals surface area contributed by atoms with E-state index in [1.165, 1.54) is 32.1 Å². The highest BCUT2D eigenvalue weighted by atomic mass is 15.1. The molecule has 0 saturated heterocycles. The van der Waals surface area contributed by atoms with E-state index < -0.39 is 0 Å². The van der Waals surface area contributed by atoms with Crippen molar-refractivity contribution in [1.82, 2.24) is 9.97 Å². The van der Waals surface area contributed by atoms with Gasteiger partial charge in [0.1, 0.15) is 17.5 Å². The van der Waals surface area contributed by atoms with Gasteiger partial charge in [0, 0.05) is 24.6 Å². The van der Waals surface area contributed by atoms with Crippen LogP contribution in [0.4, 0.5) is 11.6 Å². The van der Waals surface area contributed by atoms with E-state index >= 15 is 0 Å². The molecule has 3 rings (SSSR count). The predicted molar refractivity (Wildman–Crippen MR) is 87.9 cm³/mol. The molecule has 116 valence electrons. The highest BCUT2D eigenvalue weighted by molar-refractivity contribution is 5.57. The summed E-state index contributed by atoms with van der Waals surface area (Å²) in [5, 5.41) is 6.93. The average molecular weight is 288 g/mol. The zero-order valence-corrected chi connectivity index (χ0v) is 13.7. The van der Waals surface area contributed by atoms with Gasteiger partial charge in [-0.1, -0.05) is 13.8 Å². The van der Waals surface area contributed by atoms with Gasteiger partial charge < -0.3 is 10.6 Å². The second-order valence-corrected chi connectivity index (χ2v) is 7.04. The Labute approximate surface area is 128 Å². The van der Waals surface area contributed by atoms with Crippen molar-refractivity contribution in [3.63, 3.8) is 0 Å². The van der Waals surface area contributed by atoms with Gasteiger partial charge >= 0.3 is 0 Å². The molecule has 21 heavy (non-hydrogen) atoms. The van der Waals surface area contributed by atoms with E-state index in [9.17, 15) is 0 Å². The van der Waals surface area contributed by atoms with Crippen LogP contribution in [0.25, 0.3) is 0 Å². The first-order valence-corrected chi connectivity index (χ1v) is 8.41. The summed E-state index contributed by atoms with van der Waals surface area (Å²) < 4.78 is 0. The van der Waals surface area contributed by atoms with Crippen molar-refractivity contribution in [3.05, 3.63) is 11.4 Å². The summed E-state index contributed by atoms with van der Waals surface area (Å²) in [6, 6.07) is 0.557. The van der Waals surface area contributed by atoms with Crippen LogP contribution in [-0.4, -0.2) is 23.1 Å². The number of nitrogens with one attached hydrogen (secondary N) is 2. The van der Waals surface area contributed by atoms with Crippen LogP contribution in [-0.2, 0) is 0 Å². The van der Waals surface area contributed by atoms with Gasteiger partial charge in [-0.2, -0.15) is 0 Å². The quantitative estimate of drug-likeness (QED) is 0.881. The van der Waals surface area contributed by atoms with E-state index in [-0.39, 0.29) is 0 Å². The lowest BCUT2D eigenvalue weighted by Gasteiger charge is -2.33. The Morgan fingerprint density at radius 3 is 2.29 bits per heavy atom. The summed E-state index contributed by atoms with van der Waals surface area (Å²) >= 11 is 0. The highest BCUT2D eigenvalue weighted by Crippen LogP contribution is 2.40. The maximum absolute atomic E-state index is 4.82. The van der Waals surface area contributed by atoms with Gasteiger partial charge in [-0.05, 0) is 50.9 Å². The molecule has 0 aromatic carbocycles. The largest absolute Gasteiger partial charge is 0.373 e. The topological polar surface area (TPSA) is 49.8 Å². The van der Waals surface area contributed by atoms with Gasteiger partial charge in [0.15, 0.2) is 0 Å². The summed E-state index contributed by atoms with van der Waals surface area (Å²) in [6.45, 7) is 6.86. The molecule has 2 saturated carbocycles. The third-order valence-corrected chi connectivity index (χ3v) is 5.28. The molecule has 0 amide bonds. The Bertz CT molecular complexity index is 510. The van der Waals surface area contributed by atoms with E-state index in [2.05, 4.69) is 36.4 Å². The van der Waals surface area contributed by atoms with Crippen LogP contribution in [0.5, 0.6) is 0 Å². The fourth-order valence-corrected chi connectivity index (χ4v) is 3.31. The maximum atomic E-state index is 4.82. The Morgan fingerprint density at radius 2 is 1.67 bits per heavy atom. The van der Waals surface area contributed by atoms with Crippen molar-refractivity contribution in [1.29, 1.82) is 0 Å². The molecule has 3 atom stereocenters. The molecule has 0 radical (unpaired) electrons. The minimum atomic E-state index is 0.557. The van der Waals surface area contributed by atoms with Gasteiger partial charge in [-0.25, -0.2) is 9.97 Å². The van der Waals surface area contributed by atoms with Crippen molar-refractivity contribution in [2.24, 2.45) is 11.8 Å². The number of aromatic nitrogens is 2.